The second-order valence-corrected chi connectivity index (χ2v) is 5.04. The third-order valence-corrected chi connectivity index (χ3v) is 1.98. The van der Waals surface area contributed by atoms with E-state index in [-0.39, 0.29) is 6.61 Å². The van der Waals surface area contributed by atoms with E-state index >= 15 is 0 Å². The van der Waals surface area contributed by atoms with E-state index in [2.05, 4.69) is 46.9 Å². The molecule has 0 aromatic rings. The molecule has 0 radical (unpaired) electrons. The number of rotatable bonds is 6. The molecule has 0 aromatic heterocycles. The van der Waals surface area contributed by atoms with Gasteiger partial charge in [-0.2, -0.15) is 0 Å². The van der Waals surface area contributed by atoms with E-state index in [9.17, 15) is 0 Å². The quantitative estimate of drug-likeness (QED) is 0.683. The van der Waals surface area contributed by atoms with Gasteiger partial charge < -0.3 is 14.5 Å². The summed E-state index contributed by atoms with van der Waals surface area (Å²) in [6.07, 6.45) is 2.55. The first-order chi connectivity index (χ1) is 6.87. The molecule has 0 aliphatic carbocycles. The highest BCUT2D eigenvalue weighted by Crippen LogP contribution is 1.87. The van der Waals surface area contributed by atoms with Gasteiger partial charge in [-0.3, -0.25) is 0 Å². The first-order valence-electron chi connectivity index (χ1n) is 5.97. The number of quaternary nitrogens is 1. The molecule has 0 fully saturated rings. The molecule has 0 saturated heterocycles. The summed E-state index contributed by atoms with van der Waals surface area (Å²) < 4.78 is 0.844. The molecule has 1 N–H and O–H groups in total. The molecule has 0 saturated carbocycles. The second-order valence-electron chi connectivity index (χ2n) is 5.04. The third-order valence-electron chi connectivity index (χ3n) is 1.98. The molecule has 0 bridgehead atoms. The number of aliphatic hydroxyl groups is 1. The van der Waals surface area contributed by atoms with Crippen LogP contribution in [0.15, 0.2) is 0 Å². The fourth-order valence-electron chi connectivity index (χ4n) is 1.18. The van der Waals surface area contributed by atoms with Crippen molar-refractivity contribution in [2.45, 2.75) is 26.7 Å². The first-order valence-corrected chi connectivity index (χ1v) is 5.97. The maximum atomic E-state index is 8.39. The molecule has 0 amide bonds. The van der Waals surface area contributed by atoms with E-state index in [1.807, 2.05) is 0 Å². The van der Waals surface area contributed by atoms with Crippen LogP contribution in [-0.4, -0.2) is 68.9 Å². The van der Waals surface area contributed by atoms with Crippen LogP contribution >= 0.6 is 0 Å². The monoisotopic (exact) mass is 219 g/mol. The normalized spacial score (nSPS) is 11.2. The highest BCUT2D eigenvalue weighted by molar-refractivity contribution is 4.45. The number of likely N-dealkylation sites (N-methyl/N-ethyl adjacent to an activating group) is 1. The predicted octanol–water partition coefficient (Wildman–Crippen LogP) is 1.42. The Morgan fingerprint density at radius 2 is 1.40 bits per heavy atom. The van der Waals surface area contributed by atoms with Crippen molar-refractivity contribution in [3.05, 3.63) is 0 Å². The molecule has 0 unspecified atom stereocenters. The van der Waals surface area contributed by atoms with Gasteiger partial charge in [-0.15, -0.1) is 0 Å². The second kappa shape index (κ2) is 10.4. The number of aliphatic hydroxyl groups excluding tert-OH is 1. The summed E-state index contributed by atoms with van der Waals surface area (Å²) in [6.45, 7) is 8.03. The van der Waals surface area contributed by atoms with Crippen molar-refractivity contribution in [3.63, 3.8) is 0 Å². The van der Waals surface area contributed by atoms with Gasteiger partial charge in [0, 0.05) is 0 Å². The first kappa shape index (κ1) is 17.3. The molecule has 0 aromatic carbocycles. The number of nitrogens with zero attached hydrogens (tertiary/aromatic N) is 2. The Hall–Kier alpha value is -0.120. The van der Waals surface area contributed by atoms with Gasteiger partial charge in [0.15, 0.2) is 0 Å². The van der Waals surface area contributed by atoms with Crippen LogP contribution in [0, 0.1) is 0 Å². The predicted molar refractivity (Wildman–Crippen MR) is 68.1 cm³/mol. The minimum Gasteiger partial charge on any atom is -0.391 e. The maximum Gasteiger partial charge on any atom is 0.101 e. The van der Waals surface area contributed by atoms with Crippen LogP contribution in [0.1, 0.15) is 26.7 Å². The van der Waals surface area contributed by atoms with Crippen molar-refractivity contribution in [3.8, 4) is 0 Å². The van der Waals surface area contributed by atoms with Crippen LogP contribution in [0.2, 0.25) is 0 Å². The zero-order chi connectivity index (χ0) is 12.3. The lowest BCUT2D eigenvalue weighted by Gasteiger charge is -2.21. The highest BCUT2D eigenvalue weighted by atomic mass is 16.3. The average molecular weight is 219 g/mol. The summed E-state index contributed by atoms with van der Waals surface area (Å²) in [6, 6.07) is 0. The third kappa shape index (κ3) is 20.1. The minimum absolute atomic E-state index is 0.281. The van der Waals surface area contributed by atoms with Crippen LogP contribution in [0.25, 0.3) is 0 Å². The molecule has 0 aliphatic rings. The minimum atomic E-state index is 0.281. The lowest BCUT2D eigenvalue weighted by molar-refractivity contribution is -0.870. The lowest BCUT2D eigenvalue weighted by Crippen LogP contribution is -2.36. The molecule has 0 heterocycles. The smallest absolute Gasteiger partial charge is 0.101 e. The van der Waals surface area contributed by atoms with Crippen LogP contribution in [-0.2, 0) is 0 Å². The molecule has 15 heavy (non-hydrogen) atoms. The molecule has 3 nitrogen and oxygen atoms in total. The standard InChI is InChI=1S/C7H17N.C5H14NO/c1-4-6-8(3)7-5-2;1-6(2,3)4-5-7/h4-7H2,1-3H3;7H,4-5H2,1-3H3/q;+1. The topological polar surface area (TPSA) is 23.5 Å². The molecule has 0 atom stereocenters. The van der Waals surface area contributed by atoms with Gasteiger partial charge in [-0.05, 0) is 33.0 Å². The summed E-state index contributed by atoms with van der Waals surface area (Å²) in [4.78, 5) is 2.36. The lowest BCUT2D eigenvalue weighted by atomic mass is 10.4. The van der Waals surface area contributed by atoms with E-state index < -0.39 is 0 Å². The van der Waals surface area contributed by atoms with Crippen molar-refractivity contribution >= 4 is 0 Å². The molecule has 0 spiro atoms. The Kier molecular flexibility index (Phi) is 12.0. The van der Waals surface area contributed by atoms with Gasteiger partial charge in [0.1, 0.15) is 6.54 Å². The fraction of sp³-hybridized carbons (Fsp3) is 1.00. The Morgan fingerprint density at radius 3 is 1.53 bits per heavy atom. The highest BCUT2D eigenvalue weighted by Gasteiger charge is 2.02. The SMILES string of the molecule is CCCN(C)CCC.C[N+](C)(C)CCO. The van der Waals surface area contributed by atoms with Gasteiger partial charge in [0.25, 0.3) is 0 Å². The number of hydrogen-bond donors (Lipinski definition) is 1. The van der Waals surface area contributed by atoms with Crippen molar-refractivity contribution in [2.75, 3.05) is 54.4 Å². The van der Waals surface area contributed by atoms with E-state index in [0.717, 1.165) is 11.0 Å². The van der Waals surface area contributed by atoms with Gasteiger partial charge >= 0.3 is 0 Å². The summed E-state index contributed by atoms with van der Waals surface area (Å²) in [7, 11) is 8.33. The Bertz CT molecular complexity index is 115. The largest absolute Gasteiger partial charge is 0.391 e. The van der Waals surface area contributed by atoms with E-state index in [0.29, 0.717) is 0 Å². The van der Waals surface area contributed by atoms with Gasteiger partial charge in [0.2, 0.25) is 0 Å². The van der Waals surface area contributed by atoms with Crippen molar-refractivity contribution < 1.29 is 9.59 Å². The van der Waals surface area contributed by atoms with E-state index in [4.69, 9.17) is 5.11 Å². The average Bonchev–Trinajstić information content (AvgIpc) is 2.03. The summed E-state index contributed by atoms with van der Waals surface area (Å²) >= 11 is 0. The Morgan fingerprint density at radius 1 is 1.00 bits per heavy atom. The van der Waals surface area contributed by atoms with Crippen LogP contribution in [0.3, 0.4) is 0 Å². The molecule has 0 aliphatic heterocycles. The van der Waals surface area contributed by atoms with Crippen LogP contribution < -0.4 is 0 Å². The van der Waals surface area contributed by atoms with Crippen molar-refractivity contribution in [1.29, 1.82) is 0 Å². The zero-order valence-corrected chi connectivity index (χ0v) is 11.6. The summed E-state index contributed by atoms with van der Waals surface area (Å²) in [5, 5.41) is 8.39. The van der Waals surface area contributed by atoms with Gasteiger partial charge in [0.05, 0.1) is 27.7 Å². The Balaban J connectivity index is 0. The van der Waals surface area contributed by atoms with Crippen molar-refractivity contribution in [1.82, 2.24) is 4.90 Å². The molecule has 0 rings (SSSR count). The van der Waals surface area contributed by atoms with Crippen LogP contribution in [0.5, 0.6) is 0 Å². The summed E-state index contributed by atoms with van der Waals surface area (Å²) in [5.41, 5.74) is 0. The van der Waals surface area contributed by atoms with Crippen molar-refractivity contribution in [2.24, 2.45) is 0 Å². The van der Waals surface area contributed by atoms with E-state index in [1.54, 1.807) is 0 Å². The molecular weight excluding hydrogens is 188 g/mol. The Labute approximate surface area is 96.3 Å². The van der Waals surface area contributed by atoms with E-state index in [1.165, 1.54) is 25.9 Å². The molecule has 3 heteroatoms. The molecular formula is C12H31N2O+. The fourth-order valence-corrected chi connectivity index (χ4v) is 1.18. The van der Waals surface area contributed by atoms with Crippen LogP contribution in [0.4, 0.5) is 0 Å². The zero-order valence-electron chi connectivity index (χ0n) is 11.6. The number of hydrogen-bond acceptors (Lipinski definition) is 2. The maximum absolute atomic E-state index is 8.39. The van der Waals surface area contributed by atoms with Gasteiger partial charge in [-0.1, -0.05) is 13.8 Å². The van der Waals surface area contributed by atoms with Gasteiger partial charge in [-0.25, -0.2) is 0 Å². The molecule has 94 valence electrons. The summed E-state index contributed by atoms with van der Waals surface area (Å²) in [5.74, 6) is 0.